The molecule has 3 unspecified atom stereocenters. The highest BCUT2D eigenvalue weighted by atomic mass is 79.9. The third-order valence-corrected chi connectivity index (χ3v) is 5.24. The van der Waals surface area contributed by atoms with E-state index in [4.69, 9.17) is 0 Å². The Hall–Kier alpha value is -0.350. The summed E-state index contributed by atoms with van der Waals surface area (Å²) in [6.07, 6.45) is 9.72. The van der Waals surface area contributed by atoms with Crippen molar-refractivity contribution in [2.24, 2.45) is 11.8 Å². The van der Waals surface area contributed by atoms with Crippen LogP contribution in [0.15, 0.2) is 10.7 Å². The smallest absolute Gasteiger partial charge is 0.0698 e. The molecule has 1 aromatic rings. The monoisotopic (exact) mass is 355 g/mol. The highest BCUT2D eigenvalue weighted by Crippen LogP contribution is 2.39. The van der Waals surface area contributed by atoms with E-state index in [9.17, 15) is 0 Å². The lowest BCUT2D eigenvalue weighted by atomic mass is 9.77. The van der Waals surface area contributed by atoms with Crippen LogP contribution in [0.3, 0.4) is 0 Å². The molecular weight excluding hydrogens is 326 g/mol. The summed E-state index contributed by atoms with van der Waals surface area (Å²) in [5.74, 6) is 1.60. The number of aryl methyl sites for hydroxylation is 1. The molecule has 1 aliphatic carbocycles. The van der Waals surface area contributed by atoms with E-state index in [2.05, 4.69) is 51.8 Å². The Kier molecular flexibility index (Phi) is 6.74. The molecule has 1 saturated carbocycles. The van der Waals surface area contributed by atoms with Crippen LogP contribution in [0.2, 0.25) is 0 Å². The first-order chi connectivity index (χ1) is 10.2. The molecule has 1 N–H and O–H groups in total. The fourth-order valence-electron chi connectivity index (χ4n) is 3.64. The van der Waals surface area contributed by atoms with Gasteiger partial charge in [-0.1, -0.05) is 33.6 Å². The van der Waals surface area contributed by atoms with E-state index in [1.807, 2.05) is 6.20 Å². The number of hydrogen-bond donors (Lipinski definition) is 1. The Morgan fingerprint density at radius 3 is 2.86 bits per heavy atom. The third-order valence-electron chi connectivity index (χ3n) is 4.63. The summed E-state index contributed by atoms with van der Waals surface area (Å²) in [6, 6.07) is 0.441. The van der Waals surface area contributed by atoms with E-state index >= 15 is 0 Å². The Morgan fingerprint density at radius 1 is 1.38 bits per heavy atom. The molecule has 0 aliphatic heterocycles. The molecule has 0 radical (unpaired) electrons. The molecule has 1 aromatic heterocycles. The minimum absolute atomic E-state index is 0.441. The van der Waals surface area contributed by atoms with Crippen molar-refractivity contribution in [3.8, 4) is 0 Å². The van der Waals surface area contributed by atoms with Gasteiger partial charge in [0, 0.05) is 6.54 Å². The molecule has 0 amide bonds. The van der Waals surface area contributed by atoms with Crippen molar-refractivity contribution in [3.05, 3.63) is 16.4 Å². The van der Waals surface area contributed by atoms with Crippen molar-refractivity contribution in [3.63, 3.8) is 0 Å². The molecule has 4 heteroatoms. The van der Waals surface area contributed by atoms with Crippen molar-refractivity contribution >= 4 is 15.9 Å². The zero-order valence-electron chi connectivity index (χ0n) is 13.7. The molecule has 21 heavy (non-hydrogen) atoms. The van der Waals surface area contributed by atoms with Crippen LogP contribution in [0.4, 0.5) is 0 Å². The number of halogens is 1. The number of aromatic nitrogens is 2. The molecule has 0 bridgehead atoms. The van der Waals surface area contributed by atoms with E-state index in [0.29, 0.717) is 6.04 Å². The van der Waals surface area contributed by atoms with E-state index < -0.39 is 0 Å². The van der Waals surface area contributed by atoms with Gasteiger partial charge in [-0.2, -0.15) is 5.10 Å². The zero-order valence-corrected chi connectivity index (χ0v) is 15.3. The van der Waals surface area contributed by atoms with Gasteiger partial charge >= 0.3 is 0 Å². The van der Waals surface area contributed by atoms with Gasteiger partial charge in [0.25, 0.3) is 0 Å². The van der Waals surface area contributed by atoms with Gasteiger partial charge in [0.1, 0.15) is 0 Å². The van der Waals surface area contributed by atoms with Gasteiger partial charge in [-0.15, -0.1) is 0 Å². The van der Waals surface area contributed by atoms with Crippen LogP contribution in [0.1, 0.15) is 71.0 Å². The van der Waals surface area contributed by atoms with Crippen LogP contribution < -0.4 is 5.32 Å². The number of nitrogens with zero attached hydrogens (tertiary/aromatic N) is 2. The van der Waals surface area contributed by atoms with E-state index in [1.54, 1.807) is 0 Å². The van der Waals surface area contributed by atoms with Gasteiger partial charge < -0.3 is 5.32 Å². The van der Waals surface area contributed by atoms with E-state index in [-0.39, 0.29) is 0 Å². The van der Waals surface area contributed by atoms with Gasteiger partial charge in [0.15, 0.2) is 0 Å². The first-order valence-corrected chi connectivity index (χ1v) is 9.41. The van der Waals surface area contributed by atoms with Crippen molar-refractivity contribution in [1.82, 2.24) is 15.1 Å². The van der Waals surface area contributed by atoms with Gasteiger partial charge in [-0.25, -0.2) is 0 Å². The summed E-state index contributed by atoms with van der Waals surface area (Å²) in [5.41, 5.74) is 1.37. The molecule has 3 nitrogen and oxygen atoms in total. The topological polar surface area (TPSA) is 29.9 Å². The quantitative estimate of drug-likeness (QED) is 0.751. The molecule has 1 aliphatic rings. The predicted octanol–water partition coefficient (Wildman–Crippen LogP) is 4.92. The lowest BCUT2D eigenvalue weighted by Crippen LogP contribution is -2.33. The minimum Gasteiger partial charge on any atom is -0.308 e. The van der Waals surface area contributed by atoms with Crippen LogP contribution in [-0.4, -0.2) is 16.3 Å². The zero-order chi connectivity index (χ0) is 15.2. The van der Waals surface area contributed by atoms with Crippen LogP contribution >= 0.6 is 15.9 Å². The minimum atomic E-state index is 0.441. The first kappa shape index (κ1) is 17.0. The summed E-state index contributed by atoms with van der Waals surface area (Å²) in [5, 5.41) is 8.39. The summed E-state index contributed by atoms with van der Waals surface area (Å²) in [4.78, 5) is 0. The van der Waals surface area contributed by atoms with Crippen molar-refractivity contribution in [1.29, 1.82) is 0 Å². The maximum absolute atomic E-state index is 4.58. The second-order valence-electron chi connectivity index (χ2n) is 6.56. The molecule has 0 aromatic carbocycles. The van der Waals surface area contributed by atoms with Gasteiger partial charge in [-0.3, -0.25) is 4.68 Å². The second-order valence-corrected chi connectivity index (χ2v) is 7.42. The van der Waals surface area contributed by atoms with E-state index in [1.165, 1.54) is 42.3 Å². The summed E-state index contributed by atoms with van der Waals surface area (Å²) in [6.45, 7) is 8.96. The lowest BCUT2D eigenvalue weighted by molar-refractivity contribution is 0.216. The SMILES string of the molecule is CCCNC(c1c(Br)cnn1CCC)C1CCCC(C)C1. The summed E-state index contributed by atoms with van der Waals surface area (Å²) < 4.78 is 3.37. The molecule has 120 valence electrons. The third kappa shape index (κ3) is 4.32. The van der Waals surface area contributed by atoms with Crippen molar-refractivity contribution in [2.75, 3.05) is 6.54 Å². The van der Waals surface area contributed by atoms with Crippen LogP contribution in [0.25, 0.3) is 0 Å². The molecule has 1 heterocycles. The maximum Gasteiger partial charge on any atom is 0.0698 e. The largest absolute Gasteiger partial charge is 0.308 e. The average Bonchev–Trinajstić information content (AvgIpc) is 2.82. The number of rotatable bonds is 7. The van der Waals surface area contributed by atoms with Crippen molar-refractivity contribution in [2.45, 2.75) is 71.9 Å². The van der Waals surface area contributed by atoms with Crippen LogP contribution in [-0.2, 0) is 6.54 Å². The molecular formula is C17H30BrN3. The Morgan fingerprint density at radius 2 is 2.19 bits per heavy atom. The standard InChI is InChI=1S/C17H30BrN3/c1-4-9-19-16(14-8-6-7-13(3)11-14)17-15(18)12-20-21(17)10-5-2/h12-14,16,19H,4-11H2,1-3H3. The summed E-state index contributed by atoms with van der Waals surface area (Å²) >= 11 is 3.74. The van der Waals surface area contributed by atoms with E-state index in [0.717, 1.165) is 31.3 Å². The van der Waals surface area contributed by atoms with Crippen molar-refractivity contribution < 1.29 is 0 Å². The molecule has 0 spiro atoms. The second kappa shape index (κ2) is 8.33. The molecule has 0 saturated heterocycles. The Balaban J connectivity index is 2.24. The van der Waals surface area contributed by atoms with Crippen LogP contribution in [0, 0.1) is 11.8 Å². The molecule has 3 atom stereocenters. The Labute approximate surface area is 138 Å². The lowest BCUT2D eigenvalue weighted by Gasteiger charge is -2.34. The number of nitrogens with one attached hydrogen (secondary N) is 1. The molecule has 2 rings (SSSR count). The fourth-order valence-corrected chi connectivity index (χ4v) is 4.18. The number of hydrogen-bond acceptors (Lipinski definition) is 2. The maximum atomic E-state index is 4.58. The normalized spacial score (nSPS) is 24.2. The van der Waals surface area contributed by atoms with Gasteiger partial charge in [-0.05, 0) is 60.0 Å². The summed E-state index contributed by atoms with van der Waals surface area (Å²) in [7, 11) is 0. The highest BCUT2D eigenvalue weighted by molar-refractivity contribution is 9.10. The highest BCUT2D eigenvalue weighted by Gasteiger charge is 2.31. The van der Waals surface area contributed by atoms with Gasteiger partial charge in [0.2, 0.25) is 0 Å². The Bertz CT molecular complexity index is 430. The first-order valence-electron chi connectivity index (χ1n) is 8.61. The molecule has 1 fully saturated rings. The fraction of sp³-hybridized carbons (Fsp3) is 0.824. The van der Waals surface area contributed by atoms with Crippen LogP contribution in [0.5, 0.6) is 0 Å². The average molecular weight is 356 g/mol. The van der Waals surface area contributed by atoms with Gasteiger partial charge in [0.05, 0.1) is 22.4 Å². The predicted molar refractivity (Wildman–Crippen MR) is 92.4 cm³/mol.